The molecule has 0 bridgehead atoms. The fraction of sp³-hybridized carbons (Fsp3) is 0.133. The molecule has 20 heavy (non-hydrogen) atoms. The summed E-state index contributed by atoms with van der Waals surface area (Å²) in [7, 11) is 0. The Morgan fingerprint density at radius 1 is 1.40 bits per heavy atom. The predicted octanol–water partition coefficient (Wildman–Crippen LogP) is 3.94. The lowest BCUT2D eigenvalue weighted by atomic mass is 10.2. The summed E-state index contributed by atoms with van der Waals surface area (Å²) in [5.41, 5.74) is 1.19. The largest absolute Gasteiger partial charge is 0.478 e. The van der Waals surface area contributed by atoms with Gasteiger partial charge in [0.25, 0.3) is 0 Å². The van der Waals surface area contributed by atoms with Crippen LogP contribution in [0.15, 0.2) is 40.9 Å². The molecule has 1 aromatic carbocycles. The maximum absolute atomic E-state index is 11.0. The quantitative estimate of drug-likeness (QED) is 0.794. The van der Waals surface area contributed by atoms with E-state index in [1.54, 1.807) is 13.0 Å². The molecule has 0 saturated carbocycles. The number of hydrogen-bond donors (Lipinski definition) is 1. The molecule has 0 amide bonds. The van der Waals surface area contributed by atoms with Crippen molar-refractivity contribution in [2.75, 3.05) is 0 Å². The number of benzene rings is 1. The number of aromatic nitrogens is 1. The molecule has 0 aliphatic carbocycles. The lowest BCUT2D eigenvalue weighted by Gasteiger charge is -2.03. The number of fused-ring (bicyclic) bond motifs is 1. The third-order valence-corrected chi connectivity index (χ3v) is 3.62. The van der Waals surface area contributed by atoms with Crippen molar-refractivity contribution < 1.29 is 14.3 Å². The Labute approximate surface area is 120 Å². The highest BCUT2D eigenvalue weighted by Crippen LogP contribution is 2.25. The number of hydrogen-bond acceptors (Lipinski definition) is 2. The van der Waals surface area contributed by atoms with Crippen LogP contribution in [0.2, 0.25) is 5.02 Å². The number of carboxylic acid groups (broad SMARTS) is 1. The van der Waals surface area contributed by atoms with E-state index in [2.05, 4.69) is 0 Å². The van der Waals surface area contributed by atoms with Gasteiger partial charge in [-0.05, 0) is 31.2 Å². The van der Waals surface area contributed by atoms with Crippen molar-refractivity contribution in [2.24, 2.45) is 0 Å². The van der Waals surface area contributed by atoms with E-state index < -0.39 is 5.97 Å². The van der Waals surface area contributed by atoms with E-state index in [-0.39, 0.29) is 5.56 Å². The van der Waals surface area contributed by atoms with Gasteiger partial charge in [0, 0.05) is 22.1 Å². The van der Waals surface area contributed by atoms with Crippen molar-refractivity contribution in [2.45, 2.75) is 13.5 Å². The van der Waals surface area contributed by atoms with E-state index in [4.69, 9.17) is 21.1 Å². The summed E-state index contributed by atoms with van der Waals surface area (Å²) in [6.07, 6.45) is 1.91. The van der Waals surface area contributed by atoms with Crippen LogP contribution in [0.25, 0.3) is 10.9 Å². The SMILES string of the molecule is Cc1oc(Cn2ccc3c(Cl)cccc32)cc1C(=O)O. The summed E-state index contributed by atoms with van der Waals surface area (Å²) in [6, 6.07) is 9.19. The average Bonchev–Trinajstić information content (AvgIpc) is 2.95. The minimum absolute atomic E-state index is 0.203. The van der Waals surface area contributed by atoms with Crippen LogP contribution in [-0.2, 0) is 6.54 Å². The zero-order valence-corrected chi connectivity index (χ0v) is 11.5. The minimum atomic E-state index is -0.974. The molecule has 0 aliphatic heterocycles. The molecule has 0 saturated heterocycles. The smallest absolute Gasteiger partial charge is 0.339 e. The number of rotatable bonds is 3. The number of carbonyl (C=O) groups is 1. The lowest BCUT2D eigenvalue weighted by Crippen LogP contribution is -1.97. The van der Waals surface area contributed by atoms with Crippen LogP contribution in [0.3, 0.4) is 0 Å². The highest BCUT2D eigenvalue weighted by atomic mass is 35.5. The van der Waals surface area contributed by atoms with Gasteiger partial charge in [-0.1, -0.05) is 17.7 Å². The second-order valence-corrected chi connectivity index (χ2v) is 5.01. The van der Waals surface area contributed by atoms with Gasteiger partial charge in [0.2, 0.25) is 0 Å². The van der Waals surface area contributed by atoms with Crippen molar-refractivity contribution in [1.29, 1.82) is 0 Å². The van der Waals surface area contributed by atoms with E-state index in [1.165, 1.54) is 0 Å². The molecule has 0 radical (unpaired) electrons. The van der Waals surface area contributed by atoms with Crippen molar-refractivity contribution >= 4 is 28.5 Å². The third kappa shape index (κ3) is 2.08. The fourth-order valence-electron chi connectivity index (χ4n) is 2.33. The molecule has 102 valence electrons. The number of carboxylic acids is 1. The Hall–Kier alpha value is -2.20. The van der Waals surface area contributed by atoms with Crippen LogP contribution in [-0.4, -0.2) is 15.6 Å². The standard InChI is InChI=1S/C15H12ClNO3/c1-9-12(15(18)19)7-10(20-9)8-17-6-5-11-13(16)3-2-4-14(11)17/h2-7H,8H2,1H3,(H,18,19). The maximum atomic E-state index is 11.0. The second kappa shape index (κ2) is 4.72. The van der Waals surface area contributed by atoms with Gasteiger partial charge in [0.15, 0.2) is 0 Å². The molecule has 0 fully saturated rings. The first-order valence-corrected chi connectivity index (χ1v) is 6.50. The van der Waals surface area contributed by atoms with Crippen LogP contribution in [0, 0.1) is 6.92 Å². The highest BCUT2D eigenvalue weighted by molar-refractivity contribution is 6.35. The van der Waals surface area contributed by atoms with Crippen LogP contribution in [0.5, 0.6) is 0 Å². The van der Waals surface area contributed by atoms with E-state index in [0.717, 1.165) is 10.9 Å². The molecule has 2 heterocycles. The molecule has 3 aromatic rings. The third-order valence-electron chi connectivity index (χ3n) is 3.29. The molecule has 0 atom stereocenters. The number of nitrogens with zero attached hydrogens (tertiary/aromatic N) is 1. The zero-order valence-electron chi connectivity index (χ0n) is 10.8. The van der Waals surface area contributed by atoms with Crippen LogP contribution >= 0.6 is 11.6 Å². The molecular formula is C15H12ClNO3. The predicted molar refractivity (Wildman–Crippen MR) is 76.5 cm³/mol. The van der Waals surface area contributed by atoms with Gasteiger partial charge >= 0.3 is 5.97 Å². The summed E-state index contributed by atoms with van der Waals surface area (Å²) >= 11 is 6.13. The van der Waals surface area contributed by atoms with Crippen LogP contribution in [0.1, 0.15) is 21.9 Å². The Morgan fingerprint density at radius 2 is 2.20 bits per heavy atom. The lowest BCUT2D eigenvalue weighted by molar-refractivity contribution is 0.0695. The van der Waals surface area contributed by atoms with E-state index in [9.17, 15) is 4.79 Å². The Balaban J connectivity index is 1.99. The number of aromatic carboxylic acids is 1. The summed E-state index contributed by atoms with van der Waals surface area (Å²) in [5.74, 6) is 0.0530. The molecule has 5 heteroatoms. The van der Waals surface area contributed by atoms with Crippen LogP contribution < -0.4 is 0 Å². The van der Waals surface area contributed by atoms with Crippen molar-refractivity contribution in [3.63, 3.8) is 0 Å². The number of halogens is 1. The molecule has 0 spiro atoms. The Bertz CT molecular complexity index is 801. The van der Waals surface area contributed by atoms with Gasteiger partial charge in [-0.2, -0.15) is 0 Å². The molecule has 4 nitrogen and oxygen atoms in total. The van der Waals surface area contributed by atoms with Gasteiger partial charge in [-0.3, -0.25) is 0 Å². The molecular weight excluding hydrogens is 278 g/mol. The summed E-state index contributed by atoms with van der Waals surface area (Å²) in [4.78, 5) is 11.0. The van der Waals surface area contributed by atoms with Crippen molar-refractivity contribution in [3.05, 3.63) is 58.6 Å². The molecule has 2 aromatic heterocycles. The Kier molecular flexibility index (Phi) is 3.03. The molecule has 1 N–H and O–H groups in total. The second-order valence-electron chi connectivity index (χ2n) is 4.60. The maximum Gasteiger partial charge on any atom is 0.339 e. The van der Waals surface area contributed by atoms with E-state index in [1.807, 2.05) is 35.0 Å². The van der Waals surface area contributed by atoms with Gasteiger partial charge in [0.1, 0.15) is 17.1 Å². The van der Waals surface area contributed by atoms with Crippen molar-refractivity contribution in [1.82, 2.24) is 4.57 Å². The number of aryl methyl sites for hydroxylation is 1. The normalized spacial score (nSPS) is 11.1. The first kappa shape index (κ1) is 12.8. The summed E-state index contributed by atoms with van der Waals surface area (Å²) in [6.45, 7) is 2.12. The monoisotopic (exact) mass is 289 g/mol. The molecule has 0 aliphatic rings. The minimum Gasteiger partial charge on any atom is -0.478 e. The zero-order chi connectivity index (χ0) is 14.3. The summed E-state index contributed by atoms with van der Waals surface area (Å²) < 4.78 is 7.47. The molecule has 3 rings (SSSR count). The summed E-state index contributed by atoms with van der Waals surface area (Å²) in [5, 5.41) is 10.7. The Morgan fingerprint density at radius 3 is 2.90 bits per heavy atom. The van der Waals surface area contributed by atoms with Gasteiger partial charge in [0.05, 0.1) is 6.54 Å². The van der Waals surface area contributed by atoms with Crippen molar-refractivity contribution in [3.8, 4) is 0 Å². The fourth-order valence-corrected chi connectivity index (χ4v) is 2.56. The van der Waals surface area contributed by atoms with Crippen LogP contribution in [0.4, 0.5) is 0 Å². The van der Waals surface area contributed by atoms with Gasteiger partial charge in [-0.25, -0.2) is 4.79 Å². The van der Waals surface area contributed by atoms with Gasteiger partial charge in [-0.15, -0.1) is 0 Å². The average molecular weight is 290 g/mol. The topological polar surface area (TPSA) is 55.4 Å². The highest BCUT2D eigenvalue weighted by Gasteiger charge is 2.14. The number of furan rings is 1. The van der Waals surface area contributed by atoms with E-state index in [0.29, 0.717) is 23.1 Å². The molecule has 0 unspecified atom stereocenters. The first-order chi connectivity index (χ1) is 9.56. The van der Waals surface area contributed by atoms with E-state index >= 15 is 0 Å². The first-order valence-electron chi connectivity index (χ1n) is 6.12. The van der Waals surface area contributed by atoms with Gasteiger partial charge < -0.3 is 14.1 Å².